The molecule has 36 heavy (non-hydrogen) atoms. The van der Waals surface area contributed by atoms with Gasteiger partial charge in [0.1, 0.15) is 17.5 Å². The lowest BCUT2D eigenvalue weighted by Crippen LogP contribution is -2.51. The Balaban J connectivity index is 1.24. The van der Waals surface area contributed by atoms with E-state index in [-0.39, 0.29) is 24.2 Å². The van der Waals surface area contributed by atoms with Crippen LogP contribution in [0.2, 0.25) is 0 Å². The molecule has 4 heterocycles. The number of nitrogens with zero attached hydrogens (tertiary/aromatic N) is 6. The number of nitrogens with one attached hydrogen (secondary N) is 2. The number of hydrogen-bond donors (Lipinski definition) is 2. The number of carbonyl (C=O) groups is 1. The summed E-state index contributed by atoms with van der Waals surface area (Å²) in [6.45, 7) is 3.38. The van der Waals surface area contributed by atoms with Gasteiger partial charge in [0, 0.05) is 45.0 Å². The van der Waals surface area contributed by atoms with Crippen LogP contribution < -0.4 is 20.7 Å². The van der Waals surface area contributed by atoms with Crippen LogP contribution in [0, 0.1) is 11.3 Å². The van der Waals surface area contributed by atoms with Gasteiger partial charge < -0.3 is 20.0 Å². The third kappa shape index (κ3) is 5.76. The number of rotatable bonds is 7. The summed E-state index contributed by atoms with van der Waals surface area (Å²) >= 11 is 0. The fourth-order valence-corrected chi connectivity index (χ4v) is 4.73. The maximum atomic E-state index is 13.5. The summed E-state index contributed by atoms with van der Waals surface area (Å²) in [6.07, 6.45) is -0.235. The highest BCUT2D eigenvalue weighted by molar-refractivity contribution is 5.78. The smallest absolute Gasteiger partial charge is 0.367 e. The van der Waals surface area contributed by atoms with Crippen molar-refractivity contribution in [3.63, 3.8) is 0 Å². The van der Waals surface area contributed by atoms with Crippen molar-refractivity contribution in [2.75, 3.05) is 55.6 Å². The molecule has 2 aliphatic heterocycles. The fourth-order valence-electron chi connectivity index (χ4n) is 4.73. The van der Waals surface area contributed by atoms with Crippen molar-refractivity contribution in [1.82, 2.24) is 25.4 Å². The predicted octanol–water partition coefficient (Wildman–Crippen LogP) is 1.35. The van der Waals surface area contributed by atoms with Gasteiger partial charge in [0.05, 0.1) is 24.0 Å². The van der Waals surface area contributed by atoms with E-state index in [9.17, 15) is 22.8 Å². The van der Waals surface area contributed by atoms with Crippen molar-refractivity contribution in [2.45, 2.75) is 31.5 Å². The summed E-state index contributed by atoms with van der Waals surface area (Å²) in [6, 6.07) is 5.37. The van der Waals surface area contributed by atoms with Gasteiger partial charge in [0.25, 0.3) is 5.56 Å². The number of anilines is 2. The lowest BCUT2D eigenvalue weighted by Gasteiger charge is -2.35. The Bertz CT molecular complexity index is 1150. The molecule has 0 bridgehead atoms. The molecular formula is C23H27F3N8O2. The van der Waals surface area contributed by atoms with Crippen LogP contribution in [0.5, 0.6) is 0 Å². The quantitative estimate of drug-likeness (QED) is 0.542. The zero-order chi connectivity index (χ0) is 25.7. The molecule has 2 aromatic rings. The standard InChI is InChI=1S/C23H27F3N8O2/c24-23(25,26)21-18(14-30-31-22(21)36)34-7-1-2-17(34)5-6-28-15-20(35)33-10-8-32(9-11-33)19-4-3-16(12-27)13-29-19/h3-4,13-14,17,28H,1-2,5-11,15H2,(H,31,36)/t17-/m0/s1. The van der Waals surface area contributed by atoms with Crippen molar-refractivity contribution in [2.24, 2.45) is 0 Å². The Kier molecular flexibility index (Phi) is 7.73. The molecule has 0 radical (unpaired) electrons. The Labute approximate surface area is 205 Å². The van der Waals surface area contributed by atoms with Crippen LogP contribution in [0.1, 0.15) is 30.4 Å². The second-order valence-corrected chi connectivity index (χ2v) is 8.80. The zero-order valence-corrected chi connectivity index (χ0v) is 19.6. The number of hydrogen-bond acceptors (Lipinski definition) is 8. The van der Waals surface area contributed by atoms with Crippen LogP contribution in [0.25, 0.3) is 0 Å². The molecule has 192 valence electrons. The second kappa shape index (κ2) is 10.9. The average molecular weight is 505 g/mol. The molecule has 0 aliphatic carbocycles. The van der Waals surface area contributed by atoms with Crippen LogP contribution in [-0.4, -0.2) is 77.8 Å². The molecule has 1 amide bonds. The minimum Gasteiger partial charge on any atom is -0.367 e. The Hall–Kier alpha value is -3.66. The van der Waals surface area contributed by atoms with Gasteiger partial charge >= 0.3 is 6.18 Å². The number of aromatic amines is 1. The van der Waals surface area contributed by atoms with Crippen LogP contribution in [0.15, 0.2) is 29.3 Å². The van der Waals surface area contributed by atoms with Gasteiger partial charge in [-0.2, -0.15) is 23.5 Å². The van der Waals surface area contributed by atoms with E-state index in [1.54, 1.807) is 21.9 Å². The van der Waals surface area contributed by atoms with Gasteiger partial charge in [-0.1, -0.05) is 0 Å². The van der Waals surface area contributed by atoms with Crippen LogP contribution in [0.4, 0.5) is 24.7 Å². The largest absolute Gasteiger partial charge is 0.423 e. The van der Waals surface area contributed by atoms with Gasteiger partial charge in [-0.25, -0.2) is 10.1 Å². The fraction of sp³-hybridized carbons (Fsp3) is 0.522. The first-order chi connectivity index (χ1) is 17.3. The molecule has 2 aromatic heterocycles. The first-order valence-corrected chi connectivity index (χ1v) is 11.8. The number of carbonyl (C=O) groups excluding carboxylic acids is 1. The highest BCUT2D eigenvalue weighted by atomic mass is 19.4. The lowest BCUT2D eigenvalue weighted by molar-refractivity contribution is -0.138. The molecule has 2 fully saturated rings. The van der Waals surface area contributed by atoms with E-state index in [4.69, 9.17) is 5.26 Å². The summed E-state index contributed by atoms with van der Waals surface area (Å²) in [5.74, 6) is 0.730. The number of piperazine rings is 1. The highest BCUT2D eigenvalue weighted by Gasteiger charge is 2.40. The summed E-state index contributed by atoms with van der Waals surface area (Å²) in [7, 11) is 0. The number of H-pyrrole nitrogens is 1. The van der Waals surface area contributed by atoms with Crippen molar-refractivity contribution < 1.29 is 18.0 Å². The molecule has 2 N–H and O–H groups in total. The summed E-state index contributed by atoms with van der Waals surface area (Å²) in [4.78, 5) is 34.2. The molecular weight excluding hydrogens is 477 g/mol. The second-order valence-electron chi connectivity index (χ2n) is 8.80. The van der Waals surface area contributed by atoms with Gasteiger partial charge in [-0.15, -0.1) is 0 Å². The normalized spacial score (nSPS) is 18.4. The van der Waals surface area contributed by atoms with Gasteiger partial charge in [-0.3, -0.25) is 9.59 Å². The number of amides is 1. The summed E-state index contributed by atoms with van der Waals surface area (Å²) < 4.78 is 40.4. The topological polar surface area (TPSA) is 121 Å². The van der Waals surface area contributed by atoms with Gasteiger partial charge in [0.2, 0.25) is 5.91 Å². The average Bonchev–Trinajstić information content (AvgIpc) is 3.34. The Morgan fingerprint density at radius 2 is 1.97 bits per heavy atom. The Morgan fingerprint density at radius 1 is 1.19 bits per heavy atom. The first kappa shape index (κ1) is 25.4. The van der Waals surface area contributed by atoms with Crippen molar-refractivity contribution >= 4 is 17.4 Å². The molecule has 1 atom stereocenters. The van der Waals surface area contributed by atoms with E-state index in [2.05, 4.69) is 20.3 Å². The minimum absolute atomic E-state index is 0.0381. The van der Waals surface area contributed by atoms with E-state index < -0.39 is 17.3 Å². The van der Waals surface area contributed by atoms with Crippen molar-refractivity contribution in [1.29, 1.82) is 5.26 Å². The van der Waals surface area contributed by atoms with E-state index in [0.29, 0.717) is 64.1 Å². The maximum absolute atomic E-state index is 13.5. The minimum atomic E-state index is -4.77. The van der Waals surface area contributed by atoms with E-state index in [1.165, 1.54) is 6.20 Å². The predicted molar refractivity (Wildman–Crippen MR) is 125 cm³/mol. The van der Waals surface area contributed by atoms with Crippen LogP contribution >= 0.6 is 0 Å². The van der Waals surface area contributed by atoms with Crippen LogP contribution in [-0.2, 0) is 11.0 Å². The summed E-state index contributed by atoms with van der Waals surface area (Å²) in [5.41, 5.74) is -2.17. The number of pyridine rings is 1. The van der Waals surface area contributed by atoms with Crippen LogP contribution in [0.3, 0.4) is 0 Å². The number of aromatic nitrogens is 3. The third-order valence-corrected chi connectivity index (χ3v) is 6.57. The lowest BCUT2D eigenvalue weighted by atomic mass is 10.1. The van der Waals surface area contributed by atoms with Crippen molar-refractivity contribution in [3.05, 3.63) is 46.0 Å². The molecule has 10 nitrogen and oxygen atoms in total. The van der Waals surface area contributed by atoms with Crippen molar-refractivity contribution in [3.8, 4) is 6.07 Å². The SMILES string of the molecule is N#Cc1ccc(N2CCN(C(=O)CNCC[C@@H]3CCCN3c3cn[nH]c(=O)c3C(F)(F)F)CC2)nc1. The maximum Gasteiger partial charge on any atom is 0.423 e. The first-order valence-electron chi connectivity index (χ1n) is 11.8. The molecule has 0 spiro atoms. The molecule has 4 rings (SSSR count). The molecule has 0 saturated carbocycles. The zero-order valence-electron chi connectivity index (χ0n) is 19.6. The molecule has 0 aromatic carbocycles. The summed E-state index contributed by atoms with van der Waals surface area (Å²) in [5, 5.41) is 17.4. The molecule has 0 unspecified atom stereocenters. The van der Waals surface area contributed by atoms with Gasteiger partial charge in [-0.05, 0) is 37.9 Å². The number of halogens is 3. The Morgan fingerprint density at radius 3 is 2.64 bits per heavy atom. The molecule has 2 aliphatic rings. The van der Waals surface area contributed by atoms with E-state index >= 15 is 0 Å². The monoisotopic (exact) mass is 504 g/mol. The highest BCUT2D eigenvalue weighted by Crippen LogP contribution is 2.36. The number of alkyl halides is 3. The van der Waals surface area contributed by atoms with E-state index in [0.717, 1.165) is 12.0 Å². The molecule has 13 heteroatoms. The van der Waals surface area contributed by atoms with E-state index in [1.807, 2.05) is 11.2 Å². The third-order valence-electron chi connectivity index (χ3n) is 6.57. The van der Waals surface area contributed by atoms with Gasteiger partial charge in [0.15, 0.2) is 0 Å². The molecule has 2 saturated heterocycles. The number of nitriles is 1.